The molecule has 0 aromatic heterocycles. The first-order chi connectivity index (χ1) is 12.6. The lowest BCUT2D eigenvalue weighted by molar-refractivity contribution is -0.117. The molecule has 1 aliphatic rings. The van der Waals surface area contributed by atoms with Crippen LogP contribution in [0.1, 0.15) is 23.2 Å². The van der Waals surface area contributed by atoms with Crippen molar-refractivity contribution in [1.29, 1.82) is 0 Å². The van der Waals surface area contributed by atoms with E-state index in [-0.39, 0.29) is 17.5 Å². The Morgan fingerprint density at radius 2 is 1.81 bits per heavy atom. The normalized spacial score (nSPS) is 14.0. The van der Waals surface area contributed by atoms with Crippen molar-refractivity contribution in [3.05, 3.63) is 72.0 Å². The molecule has 0 saturated carbocycles. The van der Waals surface area contributed by atoms with Gasteiger partial charge in [-0.3, -0.25) is 9.59 Å². The topological polar surface area (TPSA) is 49.4 Å². The Hall–Kier alpha value is -3.21. The highest BCUT2D eigenvalue weighted by atomic mass is 19.1. The largest absolute Gasteiger partial charge is 0.322 e. The molecule has 1 saturated heterocycles. The van der Waals surface area contributed by atoms with Gasteiger partial charge in [0, 0.05) is 24.2 Å². The molecule has 0 radical (unpaired) electrons. The lowest BCUT2D eigenvalue weighted by Crippen LogP contribution is -2.24. The Kier molecular flexibility index (Phi) is 4.13. The van der Waals surface area contributed by atoms with Crippen LogP contribution in [0.25, 0.3) is 10.8 Å². The summed E-state index contributed by atoms with van der Waals surface area (Å²) in [6.45, 7) is 0.526. The lowest BCUT2D eigenvalue weighted by atomic mass is 10.1. The van der Waals surface area contributed by atoms with Crippen molar-refractivity contribution in [2.24, 2.45) is 0 Å². The predicted octanol–water partition coefficient (Wildman–Crippen LogP) is 4.36. The zero-order chi connectivity index (χ0) is 18.1. The van der Waals surface area contributed by atoms with Crippen LogP contribution in [-0.2, 0) is 4.79 Å². The van der Waals surface area contributed by atoms with Gasteiger partial charge in [-0.05, 0) is 47.5 Å². The molecule has 0 spiro atoms. The summed E-state index contributed by atoms with van der Waals surface area (Å²) in [6, 6.07) is 17.6. The second kappa shape index (κ2) is 6.59. The molecule has 0 aliphatic carbocycles. The number of fused-ring (bicyclic) bond motifs is 1. The Balaban J connectivity index is 1.55. The molecule has 5 heteroatoms. The smallest absolute Gasteiger partial charge is 0.255 e. The van der Waals surface area contributed by atoms with E-state index in [1.807, 2.05) is 30.3 Å². The molecule has 4 nitrogen and oxygen atoms in total. The van der Waals surface area contributed by atoms with Crippen LogP contribution in [0, 0.1) is 5.82 Å². The van der Waals surface area contributed by atoms with E-state index in [1.165, 1.54) is 17.0 Å². The summed E-state index contributed by atoms with van der Waals surface area (Å²) < 4.78 is 14.4. The van der Waals surface area contributed by atoms with E-state index in [0.29, 0.717) is 24.2 Å². The first kappa shape index (κ1) is 16.3. The quantitative estimate of drug-likeness (QED) is 0.765. The van der Waals surface area contributed by atoms with Gasteiger partial charge in [0.25, 0.3) is 5.91 Å². The number of hydrogen-bond donors (Lipinski definition) is 1. The molecule has 26 heavy (non-hydrogen) atoms. The van der Waals surface area contributed by atoms with Gasteiger partial charge in [0.15, 0.2) is 0 Å². The highest BCUT2D eigenvalue weighted by Gasteiger charge is 2.24. The Bertz CT molecular complexity index is 1020. The maximum atomic E-state index is 14.4. The van der Waals surface area contributed by atoms with E-state index < -0.39 is 5.82 Å². The number of anilines is 2. The second-order valence-electron chi connectivity index (χ2n) is 6.33. The molecule has 1 N–H and O–H groups in total. The molecule has 3 aromatic carbocycles. The minimum Gasteiger partial charge on any atom is -0.322 e. The number of halogens is 1. The average molecular weight is 348 g/mol. The van der Waals surface area contributed by atoms with Crippen molar-refractivity contribution in [2.45, 2.75) is 12.8 Å². The molecule has 2 amide bonds. The van der Waals surface area contributed by atoms with Gasteiger partial charge in [0.2, 0.25) is 5.91 Å². The summed E-state index contributed by atoms with van der Waals surface area (Å²) in [5, 5.41) is 4.73. The highest BCUT2D eigenvalue weighted by molar-refractivity contribution is 6.06. The SMILES string of the molecule is O=C(Nc1ccc(N2CCCC2=O)c(F)c1)c1ccc2ccccc2c1. The highest BCUT2D eigenvalue weighted by Crippen LogP contribution is 2.27. The van der Waals surface area contributed by atoms with Crippen LogP contribution in [0.2, 0.25) is 0 Å². The van der Waals surface area contributed by atoms with Crippen molar-refractivity contribution in [1.82, 2.24) is 0 Å². The molecule has 0 bridgehead atoms. The molecular weight excluding hydrogens is 331 g/mol. The zero-order valence-corrected chi connectivity index (χ0v) is 14.0. The van der Waals surface area contributed by atoms with Crippen molar-refractivity contribution in [3.63, 3.8) is 0 Å². The molecule has 1 heterocycles. The number of carbonyl (C=O) groups excluding carboxylic acids is 2. The standard InChI is InChI=1S/C21H17FN2O2/c22-18-13-17(9-10-19(18)24-11-3-6-20(24)25)23-21(26)16-8-7-14-4-1-2-5-15(14)12-16/h1-2,4-5,7-10,12-13H,3,6,11H2,(H,23,26). The molecule has 4 rings (SSSR count). The van der Waals surface area contributed by atoms with Crippen LogP contribution < -0.4 is 10.2 Å². The number of benzene rings is 3. The summed E-state index contributed by atoms with van der Waals surface area (Å²) >= 11 is 0. The zero-order valence-electron chi connectivity index (χ0n) is 14.0. The number of hydrogen-bond acceptors (Lipinski definition) is 2. The molecule has 0 atom stereocenters. The lowest BCUT2D eigenvalue weighted by Gasteiger charge is -2.17. The van der Waals surface area contributed by atoms with E-state index in [9.17, 15) is 14.0 Å². The summed E-state index contributed by atoms with van der Waals surface area (Å²) in [7, 11) is 0. The monoisotopic (exact) mass is 348 g/mol. The number of rotatable bonds is 3. The summed E-state index contributed by atoms with van der Waals surface area (Å²) in [5.41, 5.74) is 1.12. The average Bonchev–Trinajstić information content (AvgIpc) is 3.07. The van der Waals surface area contributed by atoms with Crippen LogP contribution in [-0.4, -0.2) is 18.4 Å². The first-order valence-corrected chi connectivity index (χ1v) is 8.52. The molecule has 0 unspecified atom stereocenters. The van der Waals surface area contributed by atoms with Gasteiger partial charge >= 0.3 is 0 Å². The van der Waals surface area contributed by atoms with Crippen molar-refractivity contribution < 1.29 is 14.0 Å². The minimum atomic E-state index is -0.517. The maximum Gasteiger partial charge on any atom is 0.255 e. The Labute approximate surface area is 150 Å². The first-order valence-electron chi connectivity index (χ1n) is 8.52. The van der Waals surface area contributed by atoms with Gasteiger partial charge in [0.1, 0.15) is 5.82 Å². The van der Waals surface area contributed by atoms with Crippen molar-refractivity contribution in [2.75, 3.05) is 16.8 Å². The predicted molar refractivity (Wildman–Crippen MR) is 99.9 cm³/mol. The van der Waals surface area contributed by atoms with Gasteiger partial charge in [-0.15, -0.1) is 0 Å². The fraction of sp³-hybridized carbons (Fsp3) is 0.143. The summed E-state index contributed by atoms with van der Waals surface area (Å²) in [6.07, 6.45) is 1.18. The second-order valence-corrected chi connectivity index (χ2v) is 6.33. The third kappa shape index (κ3) is 3.04. The van der Waals surface area contributed by atoms with Crippen molar-refractivity contribution >= 4 is 34.0 Å². The summed E-state index contributed by atoms with van der Waals surface area (Å²) in [5.74, 6) is -0.895. The van der Waals surface area contributed by atoms with Gasteiger partial charge in [-0.25, -0.2) is 4.39 Å². The Morgan fingerprint density at radius 3 is 2.54 bits per heavy atom. The Morgan fingerprint density at radius 1 is 1.00 bits per heavy atom. The van der Waals surface area contributed by atoms with E-state index >= 15 is 0 Å². The number of nitrogens with one attached hydrogen (secondary N) is 1. The van der Waals surface area contributed by atoms with E-state index in [1.54, 1.807) is 18.2 Å². The molecule has 1 fully saturated rings. The molecule has 3 aromatic rings. The number of amides is 2. The van der Waals surface area contributed by atoms with E-state index in [2.05, 4.69) is 5.32 Å². The van der Waals surface area contributed by atoms with Gasteiger partial charge in [-0.2, -0.15) is 0 Å². The third-order valence-electron chi connectivity index (χ3n) is 4.58. The maximum absolute atomic E-state index is 14.4. The fourth-order valence-corrected chi connectivity index (χ4v) is 3.24. The molecule has 1 aliphatic heterocycles. The van der Waals surface area contributed by atoms with E-state index in [4.69, 9.17) is 0 Å². The molecule has 130 valence electrons. The fourth-order valence-electron chi connectivity index (χ4n) is 3.24. The van der Waals surface area contributed by atoms with Gasteiger partial charge in [0.05, 0.1) is 5.69 Å². The number of nitrogens with zero attached hydrogens (tertiary/aromatic N) is 1. The molecular formula is C21H17FN2O2. The van der Waals surface area contributed by atoms with Gasteiger partial charge < -0.3 is 10.2 Å². The minimum absolute atomic E-state index is 0.0724. The summed E-state index contributed by atoms with van der Waals surface area (Å²) in [4.78, 5) is 25.7. The van der Waals surface area contributed by atoms with Crippen molar-refractivity contribution in [3.8, 4) is 0 Å². The van der Waals surface area contributed by atoms with Crippen LogP contribution in [0.3, 0.4) is 0 Å². The third-order valence-corrected chi connectivity index (χ3v) is 4.58. The van der Waals surface area contributed by atoms with Crippen LogP contribution in [0.5, 0.6) is 0 Å². The van der Waals surface area contributed by atoms with Crippen LogP contribution in [0.4, 0.5) is 15.8 Å². The van der Waals surface area contributed by atoms with Gasteiger partial charge in [-0.1, -0.05) is 30.3 Å². The van der Waals surface area contributed by atoms with E-state index in [0.717, 1.165) is 17.2 Å². The number of carbonyl (C=O) groups is 2. The van der Waals surface area contributed by atoms with Crippen LogP contribution >= 0.6 is 0 Å². The van der Waals surface area contributed by atoms with Crippen LogP contribution in [0.15, 0.2) is 60.7 Å².